The first-order valence-corrected chi connectivity index (χ1v) is 14.5. The van der Waals surface area contributed by atoms with Gasteiger partial charge in [-0.25, -0.2) is 0 Å². The van der Waals surface area contributed by atoms with E-state index < -0.39 is 0 Å². The summed E-state index contributed by atoms with van der Waals surface area (Å²) in [4.78, 5) is 0. The molecule has 0 bridgehead atoms. The molecule has 1 aliphatic heterocycles. The van der Waals surface area contributed by atoms with Crippen LogP contribution in [-0.4, -0.2) is 33.8 Å². The van der Waals surface area contributed by atoms with Gasteiger partial charge in [-0.1, -0.05) is 30.7 Å². The van der Waals surface area contributed by atoms with Crippen LogP contribution >= 0.6 is 23.5 Å². The highest BCUT2D eigenvalue weighted by Gasteiger charge is 2.59. The Morgan fingerprint density at radius 3 is 2.52 bits per heavy atom. The van der Waals surface area contributed by atoms with Crippen molar-refractivity contribution in [3.05, 3.63) is 41.5 Å². The number of aliphatic hydroxyl groups excluding tert-OH is 1. The quantitative estimate of drug-likeness (QED) is 0.497. The van der Waals surface area contributed by atoms with Gasteiger partial charge in [0.15, 0.2) is 0 Å². The molecule has 1 heterocycles. The monoisotopic (exact) mass is 455 g/mol. The van der Waals surface area contributed by atoms with Crippen molar-refractivity contribution in [3.63, 3.8) is 0 Å². The fourth-order valence-corrected chi connectivity index (χ4v) is 11.5. The number of thioether (sulfide) groups is 2. The van der Waals surface area contributed by atoms with E-state index in [-0.39, 0.29) is 11.5 Å². The summed E-state index contributed by atoms with van der Waals surface area (Å²) in [5, 5.41) is 14.3. The van der Waals surface area contributed by atoms with E-state index in [1.807, 2.05) is 7.05 Å². The molecule has 3 saturated carbocycles. The lowest BCUT2D eigenvalue weighted by Crippen LogP contribution is -2.51. The number of rotatable bonds is 2. The summed E-state index contributed by atoms with van der Waals surface area (Å²) in [6.07, 6.45) is 11.4. The highest BCUT2D eigenvalue weighted by Crippen LogP contribution is 2.67. The molecule has 7 atom stereocenters. The molecule has 1 unspecified atom stereocenters. The third-order valence-electron chi connectivity index (χ3n) is 9.81. The predicted octanol–water partition coefficient (Wildman–Crippen LogP) is 6.53. The van der Waals surface area contributed by atoms with Crippen molar-refractivity contribution in [2.24, 2.45) is 29.1 Å². The molecule has 1 saturated heterocycles. The average molecular weight is 456 g/mol. The maximum absolute atomic E-state index is 11.1. The Balaban J connectivity index is 1.40. The minimum Gasteiger partial charge on any atom is -0.393 e. The van der Waals surface area contributed by atoms with E-state index in [0.29, 0.717) is 15.9 Å². The van der Waals surface area contributed by atoms with Crippen LogP contribution in [0.3, 0.4) is 0 Å². The second kappa shape index (κ2) is 7.74. The summed E-state index contributed by atoms with van der Waals surface area (Å²) in [7, 11) is 2.00. The second-order valence-electron chi connectivity index (χ2n) is 11.0. The third kappa shape index (κ3) is 3.26. The van der Waals surface area contributed by atoms with Crippen LogP contribution in [0.25, 0.3) is 0 Å². The summed E-state index contributed by atoms with van der Waals surface area (Å²) < 4.78 is 0.398. The van der Waals surface area contributed by atoms with Gasteiger partial charge in [-0.15, -0.1) is 23.5 Å². The topological polar surface area (TPSA) is 32.3 Å². The van der Waals surface area contributed by atoms with Gasteiger partial charge in [-0.05, 0) is 97.6 Å². The van der Waals surface area contributed by atoms with E-state index in [0.717, 1.165) is 30.6 Å². The lowest BCUT2D eigenvalue weighted by Gasteiger charge is -2.57. The summed E-state index contributed by atoms with van der Waals surface area (Å²) in [5.41, 5.74) is 4.61. The van der Waals surface area contributed by atoms with Gasteiger partial charge in [0.2, 0.25) is 0 Å². The molecule has 2 nitrogen and oxygen atoms in total. The minimum atomic E-state index is -0.115. The Kier molecular flexibility index (Phi) is 5.24. The summed E-state index contributed by atoms with van der Waals surface area (Å²) >= 11 is 4.43. The maximum atomic E-state index is 11.1. The Hall–Kier alpha value is -0.580. The summed E-state index contributed by atoms with van der Waals surface area (Å²) in [5.74, 6) is 6.25. The van der Waals surface area contributed by atoms with Crippen LogP contribution in [0.1, 0.15) is 63.4 Å². The van der Waals surface area contributed by atoms with Gasteiger partial charge in [0, 0.05) is 24.2 Å². The van der Waals surface area contributed by atoms with E-state index in [9.17, 15) is 5.11 Å². The number of aliphatic hydroxyl groups is 1. The zero-order valence-corrected chi connectivity index (χ0v) is 20.6. The number of anilines is 1. The van der Waals surface area contributed by atoms with E-state index in [1.54, 1.807) is 5.57 Å². The number of benzene rings is 1. The minimum absolute atomic E-state index is 0.0990. The summed E-state index contributed by atoms with van der Waals surface area (Å²) in [6, 6.07) is 9.27. The molecule has 0 aromatic heterocycles. The zero-order valence-electron chi connectivity index (χ0n) is 19.0. The molecule has 5 aliphatic rings. The van der Waals surface area contributed by atoms with Crippen LogP contribution in [-0.2, 0) is 0 Å². The van der Waals surface area contributed by atoms with Gasteiger partial charge in [-0.3, -0.25) is 0 Å². The van der Waals surface area contributed by atoms with Crippen LogP contribution in [0.5, 0.6) is 0 Å². The van der Waals surface area contributed by atoms with Gasteiger partial charge in [-0.2, -0.15) is 0 Å². The first-order chi connectivity index (χ1) is 15.0. The molecule has 4 aliphatic carbocycles. The highest BCUT2D eigenvalue weighted by atomic mass is 32.2. The molecule has 4 fully saturated rings. The Labute approximate surface area is 196 Å². The Morgan fingerprint density at radius 1 is 1.00 bits per heavy atom. The lowest BCUT2D eigenvalue weighted by molar-refractivity contribution is -0.0659. The molecule has 1 aromatic carbocycles. The van der Waals surface area contributed by atoms with Gasteiger partial charge in [0.1, 0.15) is 0 Å². The number of hydrogen-bond donors (Lipinski definition) is 2. The molecule has 6 rings (SSSR count). The largest absolute Gasteiger partial charge is 0.393 e. The highest BCUT2D eigenvalue weighted by molar-refractivity contribution is 8.21. The maximum Gasteiger partial charge on any atom is 0.0794 e. The number of hydrogen-bond acceptors (Lipinski definition) is 4. The van der Waals surface area contributed by atoms with Crippen molar-refractivity contribution < 1.29 is 5.11 Å². The fraction of sp³-hybridized carbons (Fsp3) is 0.704. The van der Waals surface area contributed by atoms with E-state index >= 15 is 0 Å². The van der Waals surface area contributed by atoms with Crippen molar-refractivity contribution in [3.8, 4) is 0 Å². The molecule has 31 heavy (non-hydrogen) atoms. The molecule has 1 aromatic rings. The van der Waals surface area contributed by atoms with Crippen LogP contribution in [0, 0.1) is 29.1 Å². The van der Waals surface area contributed by atoms with Crippen molar-refractivity contribution >= 4 is 29.2 Å². The fourth-order valence-electron chi connectivity index (χ4n) is 8.35. The number of fused-ring (bicyclic) bond motifs is 5. The third-order valence-corrected chi connectivity index (χ3v) is 13.2. The van der Waals surface area contributed by atoms with Gasteiger partial charge in [0.25, 0.3) is 0 Å². The van der Waals surface area contributed by atoms with Crippen molar-refractivity contribution in [2.45, 2.75) is 68.0 Å². The molecule has 4 heteroatoms. The zero-order chi connectivity index (χ0) is 21.2. The number of allylic oxidation sites excluding steroid dienone is 1. The molecule has 0 radical (unpaired) electrons. The number of nitrogens with one attached hydrogen (secondary N) is 1. The SMILES string of the molecule is CNc1ccc([C@H]2C[C@]3(C)C(O)CC[C@H]3[C@@H]3CCC4=CC5(CC[C@@H]4[C@H]32)SCCS5)cc1. The van der Waals surface area contributed by atoms with Crippen molar-refractivity contribution in [2.75, 3.05) is 23.9 Å². The normalized spacial score (nSPS) is 43.1. The van der Waals surface area contributed by atoms with Crippen LogP contribution in [0.4, 0.5) is 5.69 Å². The van der Waals surface area contributed by atoms with Crippen molar-refractivity contribution in [1.82, 2.24) is 0 Å². The molecular formula is C27H37NOS2. The van der Waals surface area contributed by atoms with E-state index in [1.165, 1.54) is 54.9 Å². The Bertz CT molecular complexity index is 860. The molecule has 168 valence electrons. The van der Waals surface area contributed by atoms with Crippen LogP contribution in [0.15, 0.2) is 35.9 Å². The van der Waals surface area contributed by atoms with Gasteiger partial charge >= 0.3 is 0 Å². The molecular weight excluding hydrogens is 418 g/mol. The standard InChI is InChI=1S/C27H37NOS2/c1-26-16-22(17-3-6-19(28-2)7-4-17)25-20-11-12-27(30-13-14-31-27)15-18(20)5-8-21(25)23(26)9-10-24(26)29/h3-4,6-7,15,20-25,28-29H,5,8-14,16H2,1-2H3/t20-,21-,22+,23-,24?,25+,26-/m0/s1. The van der Waals surface area contributed by atoms with Crippen molar-refractivity contribution in [1.29, 1.82) is 0 Å². The second-order valence-corrected chi connectivity index (χ2v) is 14.2. The van der Waals surface area contributed by atoms with E-state index in [2.05, 4.69) is 66.1 Å². The molecule has 2 N–H and O–H groups in total. The average Bonchev–Trinajstić information content (AvgIpc) is 3.37. The van der Waals surface area contributed by atoms with E-state index in [4.69, 9.17) is 0 Å². The smallest absolute Gasteiger partial charge is 0.0794 e. The predicted molar refractivity (Wildman–Crippen MR) is 135 cm³/mol. The van der Waals surface area contributed by atoms with Gasteiger partial charge in [0.05, 0.1) is 10.2 Å². The molecule has 1 spiro atoms. The first-order valence-electron chi connectivity index (χ1n) is 12.5. The summed E-state index contributed by atoms with van der Waals surface area (Å²) in [6.45, 7) is 2.42. The lowest BCUT2D eigenvalue weighted by atomic mass is 9.48. The Morgan fingerprint density at radius 2 is 1.77 bits per heavy atom. The van der Waals surface area contributed by atoms with Crippen LogP contribution < -0.4 is 5.32 Å². The first kappa shape index (κ1) is 21.0. The van der Waals surface area contributed by atoms with Gasteiger partial charge < -0.3 is 10.4 Å². The van der Waals surface area contributed by atoms with Crippen LogP contribution in [0.2, 0.25) is 0 Å². The molecule has 0 amide bonds.